The largest absolute Gasteiger partial charge is 0.466 e. The van der Waals surface area contributed by atoms with E-state index in [0.29, 0.717) is 0 Å². The topological polar surface area (TPSA) is 105 Å². The van der Waals surface area contributed by atoms with E-state index in [4.69, 9.17) is 30.5 Å². The summed E-state index contributed by atoms with van der Waals surface area (Å²) < 4.78 is 20.7. The summed E-state index contributed by atoms with van der Waals surface area (Å²) >= 11 is 6.43. The van der Waals surface area contributed by atoms with Gasteiger partial charge in [0.2, 0.25) is 0 Å². The molecule has 0 saturated heterocycles. The molecule has 9 heteroatoms. The Labute approximate surface area is 174 Å². The molecule has 4 atom stereocenters. The minimum absolute atomic E-state index is 0.0922. The molecular formula is C20H27ClO8. The Bertz CT molecular complexity index is 640. The summed E-state index contributed by atoms with van der Waals surface area (Å²) in [5.41, 5.74) is 0. The minimum atomic E-state index is -1.06. The third-order valence-corrected chi connectivity index (χ3v) is 5.66. The number of fused-ring (bicyclic) bond motifs is 2. The molecule has 3 aliphatic rings. The molecule has 0 aliphatic heterocycles. The van der Waals surface area contributed by atoms with Gasteiger partial charge in [0.15, 0.2) is 0 Å². The van der Waals surface area contributed by atoms with Crippen molar-refractivity contribution in [2.75, 3.05) is 26.4 Å². The molecule has 162 valence electrons. The Morgan fingerprint density at radius 3 is 1.31 bits per heavy atom. The molecule has 1 fully saturated rings. The first kappa shape index (κ1) is 23.2. The number of esters is 4. The maximum Gasteiger partial charge on any atom is 0.310 e. The van der Waals surface area contributed by atoms with Crippen LogP contribution in [0.5, 0.6) is 0 Å². The lowest BCUT2D eigenvalue weighted by molar-refractivity contribution is -0.185. The van der Waals surface area contributed by atoms with E-state index < -0.39 is 59.4 Å². The van der Waals surface area contributed by atoms with Crippen molar-refractivity contribution in [1.29, 1.82) is 0 Å². The normalized spacial score (nSPS) is 30.2. The van der Waals surface area contributed by atoms with Crippen LogP contribution < -0.4 is 0 Å². The van der Waals surface area contributed by atoms with E-state index in [0.717, 1.165) is 0 Å². The monoisotopic (exact) mass is 430 g/mol. The summed E-state index contributed by atoms with van der Waals surface area (Å²) in [5, 5.41) is 0.229. The molecule has 4 unspecified atom stereocenters. The summed E-state index contributed by atoms with van der Waals surface area (Å²) in [6.07, 6.45) is 1.56. The van der Waals surface area contributed by atoms with Crippen LogP contribution in [0.25, 0.3) is 0 Å². The Morgan fingerprint density at radius 1 is 0.690 bits per heavy atom. The van der Waals surface area contributed by atoms with E-state index in [1.807, 2.05) is 0 Å². The molecule has 0 aromatic heterocycles. The predicted molar refractivity (Wildman–Crippen MR) is 101 cm³/mol. The molecule has 0 amide bonds. The van der Waals surface area contributed by atoms with E-state index in [-0.39, 0.29) is 31.5 Å². The van der Waals surface area contributed by atoms with Crippen molar-refractivity contribution in [2.24, 2.45) is 35.5 Å². The predicted octanol–water partition coefficient (Wildman–Crippen LogP) is 2.09. The molecule has 3 rings (SSSR count). The van der Waals surface area contributed by atoms with Crippen LogP contribution in [0.15, 0.2) is 11.1 Å². The van der Waals surface area contributed by atoms with E-state index in [1.165, 1.54) is 0 Å². The average molecular weight is 431 g/mol. The second kappa shape index (κ2) is 10.1. The van der Waals surface area contributed by atoms with Gasteiger partial charge in [-0.3, -0.25) is 19.2 Å². The van der Waals surface area contributed by atoms with Crippen molar-refractivity contribution in [3.63, 3.8) is 0 Å². The number of ether oxygens (including phenoxy) is 4. The number of carbonyl (C=O) groups excluding carboxylic acids is 4. The van der Waals surface area contributed by atoms with E-state index in [2.05, 4.69) is 0 Å². The number of allylic oxidation sites excluding steroid dienone is 2. The summed E-state index contributed by atoms with van der Waals surface area (Å²) in [7, 11) is 0. The van der Waals surface area contributed by atoms with Crippen molar-refractivity contribution in [3.05, 3.63) is 11.1 Å². The lowest BCUT2D eigenvalue weighted by atomic mass is 9.52. The molecule has 1 saturated carbocycles. The lowest BCUT2D eigenvalue weighted by Crippen LogP contribution is -2.59. The van der Waals surface area contributed by atoms with E-state index >= 15 is 0 Å². The van der Waals surface area contributed by atoms with Crippen LogP contribution in [0, 0.1) is 35.5 Å². The number of halogens is 1. The molecule has 0 aromatic rings. The van der Waals surface area contributed by atoms with Gasteiger partial charge >= 0.3 is 23.9 Å². The Balaban J connectivity index is 2.61. The summed E-state index contributed by atoms with van der Waals surface area (Å²) in [6.45, 7) is 6.96. The first-order chi connectivity index (χ1) is 13.8. The van der Waals surface area contributed by atoms with Crippen LogP contribution in [0.3, 0.4) is 0 Å². The smallest absolute Gasteiger partial charge is 0.310 e. The number of rotatable bonds is 8. The van der Waals surface area contributed by atoms with E-state index in [9.17, 15) is 19.2 Å². The van der Waals surface area contributed by atoms with Crippen LogP contribution >= 0.6 is 11.6 Å². The van der Waals surface area contributed by atoms with Gasteiger partial charge in [0, 0.05) is 16.9 Å². The summed E-state index contributed by atoms with van der Waals surface area (Å²) in [6, 6.07) is 0. The van der Waals surface area contributed by atoms with Gasteiger partial charge in [-0.2, -0.15) is 0 Å². The highest BCUT2D eigenvalue weighted by molar-refractivity contribution is 6.30. The second-order valence-electron chi connectivity index (χ2n) is 6.77. The summed E-state index contributed by atoms with van der Waals surface area (Å²) in [5.74, 6) is -8.55. The van der Waals surface area contributed by atoms with Crippen LogP contribution in [0.1, 0.15) is 27.7 Å². The van der Waals surface area contributed by atoms with Crippen LogP contribution in [-0.2, 0) is 38.1 Å². The van der Waals surface area contributed by atoms with Gasteiger partial charge in [-0.15, -0.1) is 0 Å². The first-order valence-corrected chi connectivity index (χ1v) is 10.2. The highest BCUT2D eigenvalue weighted by atomic mass is 35.5. The average Bonchev–Trinajstić information content (AvgIpc) is 2.67. The molecule has 0 N–H and O–H groups in total. The first-order valence-electron chi connectivity index (χ1n) is 9.87. The van der Waals surface area contributed by atoms with Gasteiger partial charge in [-0.25, -0.2) is 0 Å². The zero-order chi connectivity index (χ0) is 21.7. The van der Waals surface area contributed by atoms with Crippen LogP contribution in [0.4, 0.5) is 0 Å². The molecule has 29 heavy (non-hydrogen) atoms. The number of carbonyl (C=O) groups is 4. The Morgan fingerprint density at radius 2 is 1.00 bits per heavy atom. The van der Waals surface area contributed by atoms with Crippen LogP contribution in [0.2, 0.25) is 0 Å². The zero-order valence-corrected chi connectivity index (χ0v) is 17.8. The fourth-order valence-electron chi connectivity index (χ4n) is 4.37. The maximum absolute atomic E-state index is 12.8. The van der Waals surface area contributed by atoms with Gasteiger partial charge in [0.25, 0.3) is 0 Å². The highest BCUT2D eigenvalue weighted by Gasteiger charge is 2.64. The fraction of sp³-hybridized carbons (Fsp3) is 0.700. The summed E-state index contributed by atoms with van der Waals surface area (Å²) in [4.78, 5) is 51.1. The van der Waals surface area contributed by atoms with Crippen LogP contribution in [-0.4, -0.2) is 50.3 Å². The van der Waals surface area contributed by atoms with Gasteiger partial charge in [0.05, 0.1) is 50.1 Å². The molecule has 0 spiro atoms. The standard InChI is InChI=1S/C20H27ClO8/c1-5-26-17(22)12-10-9-11(21)14(15(12)19(24)28-7-3)16(20(25)29-8-4)13(10)18(23)27-6-2/h9-10,12-16H,5-8H2,1-4H3. The van der Waals surface area contributed by atoms with Gasteiger partial charge in [-0.05, 0) is 27.7 Å². The van der Waals surface area contributed by atoms with Crippen molar-refractivity contribution in [1.82, 2.24) is 0 Å². The van der Waals surface area contributed by atoms with E-state index in [1.54, 1.807) is 33.8 Å². The van der Waals surface area contributed by atoms with Gasteiger partial charge in [-0.1, -0.05) is 17.7 Å². The molecular weight excluding hydrogens is 404 g/mol. The second-order valence-corrected chi connectivity index (χ2v) is 7.20. The van der Waals surface area contributed by atoms with Gasteiger partial charge < -0.3 is 18.9 Å². The molecule has 0 aromatic carbocycles. The van der Waals surface area contributed by atoms with Gasteiger partial charge in [0.1, 0.15) is 0 Å². The molecule has 2 bridgehead atoms. The fourth-order valence-corrected chi connectivity index (χ4v) is 4.78. The molecule has 0 heterocycles. The molecule has 0 radical (unpaired) electrons. The molecule has 3 aliphatic carbocycles. The number of hydrogen-bond acceptors (Lipinski definition) is 8. The van der Waals surface area contributed by atoms with Crippen molar-refractivity contribution < 1.29 is 38.1 Å². The highest BCUT2D eigenvalue weighted by Crippen LogP contribution is 2.56. The van der Waals surface area contributed by atoms with Crippen molar-refractivity contribution in [2.45, 2.75) is 27.7 Å². The van der Waals surface area contributed by atoms with Crippen molar-refractivity contribution >= 4 is 35.5 Å². The quantitative estimate of drug-likeness (QED) is 0.425. The minimum Gasteiger partial charge on any atom is -0.466 e. The Hall–Kier alpha value is -2.09. The Kier molecular flexibility index (Phi) is 8.07. The lowest BCUT2D eigenvalue weighted by Gasteiger charge is -2.50. The van der Waals surface area contributed by atoms with Crippen molar-refractivity contribution in [3.8, 4) is 0 Å². The third-order valence-electron chi connectivity index (χ3n) is 5.28. The zero-order valence-electron chi connectivity index (χ0n) is 17.0. The maximum atomic E-state index is 12.8. The SMILES string of the molecule is CCOC(=O)C1C2C=C(Cl)C(C1C(=O)OCC)C(C(=O)OCC)C2C(=O)OCC. The third kappa shape index (κ3) is 4.42. The number of hydrogen-bond donors (Lipinski definition) is 0. The molecule has 8 nitrogen and oxygen atoms in total.